The number of halogens is 1. The van der Waals surface area contributed by atoms with Gasteiger partial charge in [0.2, 0.25) is 5.91 Å². The van der Waals surface area contributed by atoms with Crippen molar-refractivity contribution < 1.29 is 19.2 Å². The van der Waals surface area contributed by atoms with Crippen LogP contribution in [0.3, 0.4) is 0 Å². The van der Waals surface area contributed by atoms with Crippen LogP contribution in [0.15, 0.2) is 18.2 Å². The molecule has 1 saturated heterocycles. The van der Waals surface area contributed by atoms with Gasteiger partial charge < -0.3 is 5.73 Å². The van der Waals surface area contributed by atoms with Crippen molar-refractivity contribution in [1.82, 2.24) is 10.2 Å². The van der Waals surface area contributed by atoms with Crippen LogP contribution in [-0.2, 0) is 16.1 Å². The number of carbonyl (C=O) groups excluding carboxylic acids is 4. The van der Waals surface area contributed by atoms with Crippen LogP contribution < -0.4 is 11.1 Å². The number of benzene rings is 1. The summed E-state index contributed by atoms with van der Waals surface area (Å²) in [5.41, 5.74) is 5.43. The summed E-state index contributed by atoms with van der Waals surface area (Å²) in [7, 11) is 0. The highest BCUT2D eigenvalue weighted by Crippen LogP contribution is 2.34. The van der Waals surface area contributed by atoms with Gasteiger partial charge in [0.25, 0.3) is 17.7 Å². The van der Waals surface area contributed by atoms with E-state index < -0.39 is 29.2 Å². The van der Waals surface area contributed by atoms with E-state index in [-0.39, 0.29) is 42.9 Å². The highest BCUT2D eigenvalue weighted by molar-refractivity contribution is 6.24. The van der Waals surface area contributed by atoms with Gasteiger partial charge in [0.15, 0.2) is 0 Å². The summed E-state index contributed by atoms with van der Waals surface area (Å²) in [6, 6.07) is 4.80. The molecule has 2 aliphatic heterocycles. The lowest BCUT2D eigenvalue weighted by molar-refractivity contribution is -0.140. The Hall–Kier alpha value is -2.25. The van der Waals surface area contributed by atoms with E-state index in [2.05, 4.69) is 5.32 Å². The van der Waals surface area contributed by atoms with Crippen molar-refractivity contribution in [2.45, 2.75) is 31.8 Å². The molecule has 0 saturated carbocycles. The Balaban J connectivity index is 0.00000192. The normalized spacial score (nSPS) is 23.5. The summed E-state index contributed by atoms with van der Waals surface area (Å²) in [5.74, 6) is -2.07. The average Bonchev–Trinajstić information content (AvgIpc) is 2.75. The van der Waals surface area contributed by atoms with Crippen LogP contribution in [0.2, 0.25) is 0 Å². The van der Waals surface area contributed by atoms with E-state index >= 15 is 0 Å². The third-order valence-corrected chi connectivity index (χ3v) is 4.26. The fourth-order valence-corrected chi connectivity index (χ4v) is 2.87. The maximum atomic E-state index is 12.6. The molecule has 0 aliphatic carbocycles. The van der Waals surface area contributed by atoms with Crippen LogP contribution in [0.5, 0.6) is 0 Å². The van der Waals surface area contributed by atoms with Crippen LogP contribution in [-0.4, -0.2) is 34.1 Å². The average molecular weight is 338 g/mol. The van der Waals surface area contributed by atoms with E-state index in [0.717, 1.165) is 10.5 Å². The number of rotatable bonds is 2. The van der Waals surface area contributed by atoms with Crippen molar-refractivity contribution in [1.29, 1.82) is 0 Å². The van der Waals surface area contributed by atoms with Gasteiger partial charge in [-0.15, -0.1) is 12.4 Å². The van der Waals surface area contributed by atoms with E-state index in [9.17, 15) is 19.2 Å². The summed E-state index contributed by atoms with van der Waals surface area (Å²) in [6.45, 7) is 1.75. The maximum Gasteiger partial charge on any atom is 0.262 e. The SMILES string of the molecule is C[C@]1(N2C(=O)c3ccc(CN)cc3C2=O)CCC(=O)NC1=O.Cl. The quantitative estimate of drug-likeness (QED) is 0.757. The molecule has 2 heterocycles. The molecule has 1 fully saturated rings. The molecular formula is C15H16ClN3O4. The maximum absolute atomic E-state index is 12.6. The minimum atomic E-state index is -1.36. The van der Waals surface area contributed by atoms with Crippen LogP contribution in [0.1, 0.15) is 46.0 Å². The lowest BCUT2D eigenvalue weighted by Gasteiger charge is -2.38. The number of hydrogen-bond acceptors (Lipinski definition) is 5. The van der Waals surface area contributed by atoms with Gasteiger partial charge >= 0.3 is 0 Å². The van der Waals surface area contributed by atoms with Gasteiger partial charge in [0.1, 0.15) is 5.54 Å². The Morgan fingerprint density at radius 2 is 1.83 bits per heavy atom. The molecule has 4 amide bonds. The Bertz CT molecular complexity index is 733. The molecule has 1 aromatic carbocycles. The van der Waals surface area contributed by atoms with Crippen LogP contribution in [0, 0.1) is 0 Å². The Morgan fingerprint density at radius 3 is 2.43 bits per heavy atom. The molecule has 3 rings (SSSR count). The number of nitrogens with one attached hydrogen (secondary N) is 1. The predicted octanol–water partition coefficient (Wildman–Crippen LogP) is 0.358. The molecule has 0 spiro atoms. The molecule has 0 aromatic heterocycles. The molecule has 3 N–H and O–H groups in total. The van der Waals surface area contributed by atoms with Gasteiger partial charge in [-0.1, -0.05) is 6.07 Å². The standard InChI is InChI=1S/C15H15N3O4.ClH/c1-15(5-4-11(19)17-14(15)22)18-12(20)9-3-2-8(7-16)6-10(9)13(18)21;/h2-3,6H,4-5,7,16H2,1H3,(H,17,19,22);1H/t15-;/m0./s1. The Morgan fingerprint density at radius 1 is 1.17 bits per heavy atom. The number of fused-ring (bicyclic) bond motifs is 1. The Kier molecular flexibility index (Phi) is 4.28. The molecule has 0 bridgehead atoms. The van der Waals surface area contributed by atoms with Crippen LogP contribution in [0.4, 0.5) is 0 Å². The molecule has 8 heteroatoms. The van der Waals surface area contributed by atoms with E-state index in [1.807, 2.05) is 0 Å². The topological polar surface area (TPSA) is 110 Å². The first kappa shape index (κ1) is 17.1. The zero-order valence-electron chi connectivity index (χ0n) is 12.4. The van der Waals surface area contributed by atoms with Crippen molar-refractivity contribution in [3.63, 3.8) is 0 Å². The van der Waals surface area contributed by atoms with Crippen molar-refractivity contribution >= 4 is 36.0 Å². The third kappa shape index (κ3) is 2.42. The number of imide groups is 2. The fraction of sp³-hybridized carbons (Fsp3) is 0.333. The molecule has 2 aliphatic rings. The third-order valence-electron chi connectivity index (χ3n) is 4.26. The van der Waals surface area contributed by atoms with Crippen molar-refractivity contribution in [2.24, 2.45) is 5.73 Å². The molecular weight excluding hydrogens is 322 g/mol. The largest absolute Gasteiger partial charge is 0.326 e. The molecule has 7 nitrogen and oxygen atoms in total. The van der Waals surface area contributed by atoms with Gasteiger partial charge in [-0.25, -0.2) is 0 Å². The lowest BCUT2D eigenvalue weighted by atomic mass is 9.89. The lowest BCUT2D eigenvalue weighted by Crippen LogP contribution is -2.62. The highest BCUT2D eigenvalue weighted by atomic mass is 35.5. The molecule has 0 unspecified atom stereocenters. The van der Waals surface area contributed by atoms with E-state index in [4.69, 9.17) is 5.73 Å². The monoisotopic (exact) mass is 337 g/mol. The summed E-state index contributed by atoms with van der Waals surface area (Å²) >= 11 is 0. The minimum Gasteiger partial charge on any atom is -0.326 e. The van der Waals surface area contributed by atoms with E-state index in [1.54, 1.807) is 18.2 Å². The number of nitrogens with zero attached hydrogens (tertiary/aromatic N) is 1. The van der Waals surface area contributed by atoms with Gasteiger partial charge in [-0.2, -0.15) is 0 Å². The van der Waals surface area contributed by atoms with E-state index in [0.29, 0.717) is 0 Å². The van der Waals surface area contributed by atoms with E-state index in [1.165, 1.54) is 6.92 Å². The zero-order valence-corrected chi connectivity index (χ0v) is 13.2. The second-order valence-corrected chi connectivity index (χ2v) is 5.68. The highest BCUT2D eigenvalue weighted by Gasteiger charge is 2.52. The molecule has 122 valence electrons. The first-order valence-electron chi connectivity index (χ1n) is 6.94. The van der Waals surface area contributed by atoms with Crippen molar-refractivity contribution in [3.05, 3.63) is 34.9 Å². The molecule has 23 heavy (non-hydrogen) atoms. The number of carbonyl (C=O) groups is 4. The number of nitrogens with two attached hydrogens (primary N) is 1. The predicted molar refractivity (Wildman–Crippen MR) is 82.9 cm³/mol. The fourth-order valence-electron chi connectivity index (χ4n) is 2.87. The summed E-state index contributed by atoms with van der Waals surface area (Å²) < 4.78 is 0. The minimum absolute atomic E-state index is 0. The molecule has 1 atom stereocenters. The van der Waals surface area contributed by atoms with Gasteiger partial charge in [0.05, 0.1) is 11.1 Å². The van der Waals surface area contributed by atoms with Crippen LogP contribution >= 0.6 is 12.4 Å². The number of amides is 4. The second kappa shape index (κ2) is 5.75. The first-order chi connectivity index (χ1) is 10.4. The first-order valence-corrected chi connectivity index (χ1v) is 6.94. The van der Waals surface area contributed by atoms with Gasteiger partial charge in [-0.05, 0) is 31.0 Å². The zero-order chi connectivity index (χ0) is 16.1. The second-order valence-electron chi connectivity index (χ2n) is 5.68. The molecule has 0 radical (unpaired) electrons. The summed E-state index contributed by atoms with van der Waals surface area (Å²) in [6.07, 6.45) is 0.205. The smallest absolute Gasteiger partial charge is 0.262 e. The summed E-state index contributed by atoms with van der Waals surface area (Å²) in [5, 5.41) is 2.19. The van der Waals surface area contributed by atoms with Crippen molar-refractivity contribution in [3.8, 4) is 0 Å². The van der Waals surface area contributed by atoms with Gasteiger partial charge in [0, 0.05) is 13.0 Å². The molecule has 1 aromatic rings. The Labute approximate surface area is 138 Å². The van der Waals surface area contributed by atoms with Gasteiger partial charge in [-0.3, -0.25) is 29.4 Å². The number of hydrogen-bond donors (Lipinski definition) is 2. The van der Waals surface area contributed by atoms with Crippen LogP contribution in [0.25, 0.3) is 0 Å². The van der Waals surface area contributed by atoms with Crippen molar-refractivity contribution in [2.75, 3.05) is 0 Å². The number of piperidine rings is 1. The summed E-state index contributed by atoms with van der Waals surface area (Å²) in [4.78, 5) is 49.6.